The summed E-state index contributed by atoms with van der Waals surface area (Å²) in [6, 6.07) is 13.0. The van der Waals surface area contributed by atoms with E-state index in [0.717, 1.165) is 14.6 Å². The summed E-state index contributed by atoms with van der Waals surface area (Å²) in [7, 11) is 1.55. The highest BCUT2D eigenvalue weighted by molar-refractivity contribution is 8.01. The number of para-hydroxylation sites is 1. The van der Waals surface area contributed by atoms with Crippen molar-refractivity contribution in [2.45, 2.75) is 4.34 Å². The largest absolute Gasteiger partial charge is 0.495 e. The molecule has 0 fully saturated rings. The van der Waals surface area contributed by atoms with Crippen LogP contribution in [0.4, 0.5) is 0 Å². The number of hydrogen-bond acceptors (Lipinski definition) is 5. The van der Waals surface area contributed by atoms with E-state index in [0.29, 0.717) is 22.1 Å². The first kappa shape index (κ1) is 15.3. The van der Waals surface area contributed by atoms with Crippen molar-refractivity contribution < 1.29 is 9.53 Å². The van der Waals surface area contributed by atoms with E-state index in [1.54, 1.807) is 36.6 Å². The van der Waals surface area contributed by atoms with Gasteiger partial charge in [-0.15, -0.1) is 11.3 Å². The maximum absolute atomic E-state index is 12.2. The Morgan fingerprint density at radius 3 is 2.86 bits per heavy atom. The van der Waals surface area contributed by atoms with Crippen molar-refractivity contribution in [2.24, 2.45) is 0 Å². The van der Waals surface area contributed by atoms with Crippen LogP contribution in [0, 0.1) is 0 Å². The van der Waals surface area contributed by atoms with Crippen LogP contribution in [0.3, 0.4) is 0 Å². The molecule has 0 aliphatic rings. The Bertz CT molecular complexity index is 799. The molecule has 0 unspecified atom stereocenters. The molecule has 2 aromatic carbocycles. The molecule has 0 amide bonds. The zero-order valence-electron chi connectivity index (χ0n) is 11.7. The van der Waals surface area contributed by atoms with Gasteiger partial charge in [0.2, 0.25) is 0 Å². The van der Waals surface area contributed by atoms with Gasteiger partial charge < -0.3 is 4.74 Å². The van der Waals surface area contributed by atoms with Gasteiger partial charge in [-0.3, -0.25) is 4.79 Å². The number of ketones is 1. The number of benzene rings is 2. The van der Waals surface area contributed by atoms with Crippen LogP contribution >= 0.6 is 34.7 Å². The van der Waals surface area contributed by atoms with Crippen molar-refractivity contribution >= 4 is 50.7 Å². The summed E-state index contributed by atoms with van der Waals surface area (Å²) in [6.45, 7) is 0. The quantitative estimate of drug-likeness (QED) is 0.483. The molecular formula is C16H12ClNO2S2. The molecule has 3 aromatic rings. The Balaban J connectivity index is 1.70. The Morgan fingerprint density at radius 1 is 1.32 bits per heavy atom. The Kier molecular flexibility index (Phi) is 4.66. The fourth-order valence-corrected chi connectivity index (χ4v) is 4.18. The number of halogens is 1. The number of aromatic nitrogens is 1. The van der Waals surface area contributed by atoms with Gasteiger partial charge in [-0.1, -0.05) is 35.5 Å². The molecule has 0 radical (unpaired) electrons. The van der Waals surface area contributed by atoms with E-state index in [9.17, 15) is 4.79 Å². The third kappa shape index (κ3) is 3.27. The first-order valence-corrected chi connectivity index (χ1v) is 8.70. The number of methoxy groups -OCH3 is 1. The maximum atomic E-state index is 12.2. The fraction of sp³-hybridized carbons (Fsp3) is 0.125. The first-order chi connectivity index (χ1) is 10.7. The maximum Gasteiger partial charge on any atom is 0.173 e. The van der Waals surface area contributed by atoms with E-state index in [-0.39, 0.29) is 5.78 Å². The number of hydrogen-bond donors (Lipinski definition) is 0. The van der Waals surface area contributed by atoms with Gasteiger partial charge >= 0.3 is 0 Å². The number of fused-ring (bicyclic) bond motifs is 1. The molecule has 1 aromatic heterocycles. The van der Waals surface area contributed by atoms with Crippen molar-refractivity contribution in [1.29, 1.82) is 0 Å². The summed E-state index contributed by atoms with van der Waals surface area (Å²) < 4.78 is 7.11. The van der Waals surface area contributed by atoms with Gasteiger partial charge in [0.05, 0.1) is 28.1 Å². The van der Waals surface area contributed by atoms with Gasteiger partial charge in [0.25, 0.3) is 0 Å². The zero-order valence-corrected chi connectivity index (χ0v) is 14.1. The molecule has 0 aliphatic carbocycles. The molecule has 0 aliphatic heterocycles. The van der Waals surface area contributed by atoms with E-state index >= 15 is 0 Å². The average molecular weight is 350 g/mol. The lowest BCUT2D eigenvalue weighted by Gasteiger charge is -2.05. The third-order valence-electron chi connectivity index (χ3n) is 3.07. The molecule has 6 heteroatoms. The van der Waals surface area contributed by atoms with Gasteiger partial charge in [0, 0.05) is 5.56 Å². The predicted octanol–water partition coefficient (Wildman–Crippen LogP) is 4.93. The van der Waals surface area contributed by atoms with Crippen LogP contribution in [0.1, 0.15) is 10.4 Å². The van der Waals surface area contributed by atoms with Gasteiger partial charge in [-0.2, -0.15) is 0 Å². The SMILES string of the molecule is COc1ccc(C(=O)CSc2nc3ccccc3s2)cc1Cl. The number of ether oxygens (including phenoxy) is 1. The molecule has 0 bridgehead atoms. The average Bonchev–Trinajstić information content (AvgIpc) is 2.95. The molecule has 22 heavy (non-hydrogen) atoms. The summed E-state index contributed by atoms with van der Waals surface area (Å²) in [5.41, 5.74) is 1.55. The highest BCUT2D eigenvalue weighted by atomic mass is 35.5. The monoisotopic (exact) mass is 349 g/mol. The van der Waals surface area contributed by atoms with Crippen molar-refractivity contribution in [3.05, 3.63) is 53.1 Å². The Labute approximate surface area is 141 Å². The van der Waals surface area contributed by atoms with E-state index in [1.807, 2.05) is 24.3 Å². The highest BCUT2D eigenvalue weighted by Crippen LogP contribution is 2.30. The number of rotatable bonds is 5. The minimum atomic E-state index is 0.0220. The van der Waals surface area contributed by atoms with E-state index in [4.69, 9.17) is 16.3 Å². The van der Waals surface area contributed by atoms with Crippen molar-refractivity contribution in [2.75, 3.05) is 12.9 Å². The normalized spacial score (nSPS) is 10.8. The van der Waals surface area contributed by atoms with E-state index in [2.05, 4.69) is 4.98 Å². The molecule has 3 nitrogen and oxygen atoms in total. The minimum Gasteiger partial charge on any atom is -0.495 e. The van der Waals surface area contributed by atoms with E-state index in [1.165, 1.54) is 11.8 Å². The summed E-state index contributed by atoms with van der Waals surface area (Å²) in [4.78, 5) is 16.7. The number of carbonyl (C=O) groups excluding carboxylic acids is 1. The van der Waals surface area contributed by atoms with E-state index < -0.39 is 0 Å². The van der Waals surface area contributed by atoms with Crippen LogP contribution < -0.4 is 4.74 Å². The van der Waals surface area contributed by atoms with Crippen LogP contribution in [-0.4, -0.2) is 23.6 Å². The summed E-state index contributed by atoms with van der Waals surface area (Å²) in [5.74, 6) is 0.925. The molecule has 0 saturated carbocycles. The van der Waals surface area contributed by atoms with Crippen molar-refractivity contribution in [1.82, 2.24) is 4.98 Å². The topological polar surface area (TPSA) is 39.2 Å². The smallest absolute Gasteiger partial charge is 0.173 e. The number of thiazole rings is 1. The predicted molar refractivity (Wildman–Crippen MR) is 92.7 cm³/mol. The summed E-state index contributed by atoms with van der Waals surface area (Å²) in [6.07, 6.45) is 0. The van der Waals surface area contributed by atoms with Gasteiger partial charge in [0.15, 0.2) is 10.1 Å². The lowest BCUT2D eigenvalue weighted by Crippen LogP contribution is -2.02. The van der Waals surface area contributed by atoms with Crippen LogP contribution in [-0.2, 0) is 0 Å². The fourth-order valence-electron chi connectivity index (χ4n) is 1.96. The second-order valence-electron chi connectivity index (χ2n) is 4.51. The zero-order chi connectivity index (χ0) is 15.5. The Hall–Kier alpha value is -1.56. The Morgan fingerprint density at radius 2 is 2.14 bits per heavy atom. The number of Topliss-reactive ketones (excluding diaryl/α,β-unsaturated/α-hetero) is 1. The summed E-state index contributed by atoms with van der Waals surface area (Å²) in [5, 5.41) is 0.443. The lowest BCUT2D eigenvalue weighted by atomic mass is 10.1. The molecule has 0 atom stereocenters. The molecule has 0 saturated heterocycles. The van der Waals surface area contributed by atoms with Crippen LogP contribution in [0.5, 0.6) is 5.75 Å². The molecular weight excluding hydrogens is 338 g/mol. The number of carbonyl (C=O) groups is 1. The second kappa shape index (κ2) is 6.69. The van der Waals surface area contributed by atoms with Gasteiger partial charge in [0.1, 0.15) is 5.75 Å². The van der Waals surface area contributed by atoms with Crippen LogP contribution in [0.25, 0.3) is 10.2 Å². The highest BCUT2D eigenvalue weighted by Gasteiger charge is 2.11. The molecule has 3 rings (SSSR count). The van der Waals surface area contributed by atoms with Crippen molar-refractivity contribution in [3.8, 4) is 5.75 Å². The number of thioether (sulfide) groups is 1. The molecule has 0 N–H and O–H groups in total. The van der Waals surface area contributed by atoms with Crippen molar-refractivity contribution in [3.63, 3.8) is 0 Å². The molecule has 1 heterocycles. The first-order valence-electron chi connectivity index (χ1n) is 6.52. The van der Waals surface area contributed by atoms with Crippen LogP contribution in [0.2, 0.25) is 5.02 Å². The summed E-state index contributed by atoms with van der Waals surface area (Å²) >= 11 is 9.10. The standard InChI is InChI=1S/C16H12ClNO2S2/c1-20-14-7-6-10(8-11(14)17)13(19)9-21-16-18-12-4-2-3-5-15(12)22-16/h2-8H,9H2,1H3. The third-order valence-corrected chi connectivity index (χ3v) is 5.55. The lowest BCUT2D eigenvalue weighted by molar-refractivity contribution is 0.102. The molecule has 112 valence electrons. The van der Waals surface area contributed by atoms with Gasteiger partial charge in [-0.05, 0) is 30.3 Å². The number of nitrogens with zero attached hydrogens (tertiary/aromatic N) is 1. The van der Waals surface area contributed by atoms with Crippen LogP contribution in [0.15, 0.2) is 46.8 Å². The van der Waals surface area contributed by atoms with Gasteiger partial charge in [-0.25, -0.2) is 4.98 Å². The minimum absolute atomic E-state index is 0.0220. The second-order valence-corrected chi connectivity index (χ2v) is 7.17. The molecule has 0 spiro atoms.